The zero-order valence-electron chi connectivity index (χ0n) is 36.1. The molecule has 3 heteroatoms. The molecule has 2 heterocycles. The molecule has 306 valence electrons. The lowest BCUT2D eigenvalue weighted by Gasteiger charge is -2.34. The fourth-order valence-corrected chi connectivity index (χ4v) is 12.4. The van der Waals surface area contributed by atoms with E-state index in [4.69, 9.17) is 9.97 Å². The molecule has 65 heavy (non-hydrogen) atoms. The Morgan fingerprint density at radius 1 is 0.354 bits per heavy atom. The van der Waals surface area contributed by atoms with Gasteiger partial charge in [0.2, 0.25) is 0 Å². The zero-order valence-corrected chi connectivity index (χ0v) is 36.9. The molecule has 0 N–H and O–H groups in total. The summed E-state index contributed by atoms with van der Waals surface area (Å²) in [6.07, 6.45) is 0. The molecule has 0 amide bonds. The molecule has 2 aliphatic rings. The van der Waals surface area contributed by atoms with E-state index in [0.29, 0.717) is 5.82 Å². The predicted octanol–water partition coefficient (Wildman–Crippen LogP) is 16.2. The number of hydrogen-bond donors (Lipinski definition) is 0. The number of rotatable bonds is 6. The second-order valence-corrected chi connectivity index (χ2v) is 19.1. The highest BCUT2D eigenvalue weighted by atomic mass is 32.1. The second kappa shape index (κ2) is 14.4. The highest BCUT2D eigenvalue weighted by Crippen LogP contribution is 2.57. The topological polar surface area (TPSA) is 25.8 Å². The molecule has 0 bridgehead atoms. The Labute approximate surface area is 383 Å². The van der Waals surface area contributed by atoms with Crippen LogP contribution >= 0.6 is 11.3 Å². The van der Waals surface area contributed by atoms with Gasteiger partial charge in [-0.2, -0.15) is 0 Å². The standard InChI is InChI=1S/C62H42N2S/c1-61(2)52-25-12-9-20-46(52)48-35-33-42(37-54(48)61)60-63-56(40-30-28-39(29-31-40)45-23-15-24-51-50-22-11-14-27-58(50)65-59(45)51)38-57(64-60)41-32-34-49-47-21-10-13-26-53(47)62(55(49)36-41,43-16-5-3-6-17-43)44-18-7-4-8-19-44/h3-38H,1-2H3. The van der Waals surface area contributed by atoms with Gasteiger partial charge in [0.25, 0.3) is 0 Å². The number of nitrogens with zero attached hydrogens (tertiary/aromatic N) is 2. The molecule has 0 saturated heterocycles. The summed E-state index contributed by atoms with van der Waals surface area (Å²) in [5.41, 5.74) is 19.5. The molecule has 0 fully saturated rings. The maximum Gasteiger partial charge on any atom is 0.160 e. The molecule has 13 rings (SSSR count). The normalized spacial score (nSPS) is 13.9. The third kappa shape index (κ3) is 5.65. The van der Waals surface area contributed by atoms with Crippen LogP contribution in [0.4, 0.5) is 0 Å². The van der Waals surface area contributed by atoms with Crippen LogP contribution in [-0.2, 0) is 10.8 Å². The molecular weight excluding hydrogens is 805 g/mol. The van der Waals surface area contributed by atoms with Gasteiger partial charge < -0.3 is 0 Å². The number of benzene rings is 9. The summed E-state index contributed by atoms with van der Waals surface area (Å²) < 4.78 is 2.63. The molecule has 2 aromatic heterocycles. The van der Waals surface area contributed by atoms with Gasteiger partial charge in [0, 0.05) is 42.3 Å². The van der Waals surface area contributed by atoms with Crippen LogP contribution in [0.5, 0.6) is 0 Å². The molecule has 0 aliphatic heterocycles. The SMILES string of the molecule is CC1(C)c2ccccc2-c2ccc(-c3nc(-c4ccc(-c5cccc6c5sc5ccccc56)cc4)cc(-c4ccc5c(c4)C(c4ccccc4)(c4ccccc4)c4ccccc4-5)n3)cc21. The van der Waals surface area contributed by atoms with E-state index in [9.17, 15) is 0 Å². The number of fused-ring (bicyclic) bond motifs is 9. The van der Waals surface area contributed by atoms with Gasteiger partial charge in [0.15, 0.2) is 5.82 Å². The van der Waals surface area contributed by atoms with Gasteiger partial charge in [-0.3, -0.25) is 0 Å². The van der Waals surface area contributed by atoms with Crippen LogP contribution in [0.25, 0.3) is 87.5 Å². The van der Waals surface area contributed by atoms with Gasteiger partial charge >= 0.3 is 0 Å². The first-order valence-electron chi connectivity index (χ1n) is 22.5. The fraction of sp³-hybridized carbons (Fsp3) is 0.0645. The first-order chi connectivity index (χ1) is 32.0. The molecule has 2 aliphatic carbocycles. The number of thiophene rings is 1. The van der Waals surface area contributed by atoms with E-state index in [1.165, 1.54) is 86.9 Å². The van der Waals surface area contributed by atoms with Crippen molar-refractivity contribution in [1.82, 2.24) is 9.97 Å². The lowest BCUT2D eigenvalue weighted by Crippen LogP contribution is -2.28. The molecule has 0 saturated carbocycles. The number of hydrogen-bond acceptors (Lipinski definition) is 3. The Hall–Kier alpha value is -7.72. The van der Waals surface area contributed by atoms with E-state index in [2.05, 4.69) is 232 Å². The molecule has 0 atom stereocenters. The van der Waals surface area contributed by atoms with Crippen molar-refractivity contribution in [2.75, 3.05) is 0 Å². The highest BCUT2D eigenvalue weighted by molar-refractivity contribution is 7.26. The van der Waals surface area contributed by atoms with E-state index >= 15 is 0 Å². The molecule has 0 unspecified atom stereocenters. The average molecular weight is 847 g/mol. The first-order valence-corrected chi connectivity index (χ1v) is 23.3. The van der Waals surface area contributed by atoms with Crippen LogP contribution < -0.4 is 0 Å². The summed E-state index contributed by atoms with van der Waals surface area (Å²) in [5.74, 6) is 0.715. The number of aromatic nitrogens is 2. The van der Waals surface area contributed by atoms with Crippen LogP contribution in [0.1, 0.15) is 47.2 Å². The second-order valence-electron chi connectivity index (χ2n) is 18.0. The van der Waals surface area contributed by atoms with Gasteiger partial charge in [-0.05, 0) is 91.0 Å². The minimum absolute atomic E-state index is 0.150. The van der Waals surface area contributed by atoms with E-state index < -0.39 is 5.41 Å². The minimum Gasteiger partial charge on any atom is -0.228 e. The van der Waals surface area contributed by atoms with Crippen LogP contribution in [-0.4, -0.2) is 9.97 Å². The fourth-order valence-electron chi connectivity index (χ4n) is 11.1. The van der Waals surface area contributed by atoms with Crippen LogP contribution in [0.2, 0.25) is 0 Å². The highest BCUT2D eigenvalue weighted by Gasteiger charge is 2.46. The van der Waals surface area contributed by atoms with Crippen molar-refractivity contribution in [3.05, 3.63) is 252 Å². The summed E-state index contributed by atoms with van der Waals surface area (Å²) in [5, 5.41) is 2.62. The van der Waals surface area contributed by atoms with E-state index in [1.807, 2.05) is 11.3 Å². The van der Waals surface area contributed by atoms with Crippen LogP contribution in [0.15, 0.2) is 218 Å². The van der Waals surface area contributed by atoms with Crippen molar-refractivity contribution in [2.24, 2.45) is 0 Å². The maximum atomic E-state index is 5.50. The van der Waals surface area contributed by atoms with Gasteiger partial charge in [0.05, 0.1) is 16.8 Å². The Morgan fingerprint density at radius 2 is 0.862 bits per heavy atom. The van der Waals surface area contributed by atoms with E-state index in [1.54, 1.807) is 0 Å². The van der Waals surface area contributed by atoms with Crippen molar-refractivity contribution in [3.8, 4) is 67.3 Å². The minimum atomic E-state index is -0.517. The lowest BCUT2D eigenvalue weighted by molar-refractivity contribution is 0.660. The molecule has 0 spiro atoms. The smallest absolute Gasteiger partial charge is 0.160 e. The maximum absolute atomic E-state index is 5.50. The van der Waals surface area contributed by atoms with Crippen LogP contribution in [0, 0.1) is 0 Å². The summed E-state index contributed by atoms with van der Waals surface area (Å²) in [6, 6.07) is 80.1. The summed E-state index contributed by atoms with van der Waals surface area (Å²) >= 11 is 1.87. The van der Waals surface area contributed by atoms with E-state index in [0.717, 1.165) is 28.1 Å². The molecular formula is C62H42N2S. The van der Waals surface area contributed by atoms with Crippen LogP contribution in [0.3, 0.4) is 0 Å². The third-order valence-electron chi connectivity index (χ3n) is 14.2. The third-order valence-corrected chi connectivity index (χ3v) is 15.4. The molecule has 9 aromatic carbocycles. The largest absolute Gasteiger partial charge is 0.228 e. The monoisotopic (exact) mass is 846 g/mol. The summed E-state index contributed by atoms with van der Waals surface area (Å²) in [6.45, 7) is 4.67. The van der Waals surface area contributed by atoms with Gasteiger partial charge in [-0.25, -0.2) is 9.97 Å². The predicted molar refractivity (Wildman–Crippen MR) is 272 cm³/mol. The van der Waals surface area contributed by atoms with E-state index in [-0.39, 0.29) is 5.41 Å². The average Bonchev–Trinajstić information content (AvgIpc) is 3.98. The Morgan fingerprint density at radius 3 is 1.60 bits per heavy atom. The van der Waals surface area contributed by atoms with Crippen molar-refractivity contribution >= 4 is 31.5 Å². The van der Waals surface area contributed by atoms with Crippen molar-refractivity contribution < 1.29 is 0 Å². The molecule has 2 nitrogen and oxygen atoms in total. The summed E-state index contributed by atoms with van der Waals surface area (Å²) in [7, 11) is 0. The molecule has 0 radical (unpaired) electrons. The molecule has 11 aromatic rings. The van der Waals surface area contributed by atoms with Gasteiger partial charge in [0.1, 0.15) is 0 Å². The zero-order chi connectivity index (χ0) is 43.3. The Bertz CT molecular complexity index is 3640. The lowest BCUT2D eigenvalue weighted by atomic mass is 9.67. The summed E-state index contributed by atoms with van der Waals surface area (Å²) in [4.78, 5) is 10.9. The quantitative estimate of drug-likeness (QED) is 0.167. The van der Waals surface area contributed by atoms with Crippen molar-refractivity contribution in [2.45, 2.75) is 24.7 Å². The first kappa shape index (κ1) is 37.8. The van der Waals surface area contributed by atoms with Gasteiger partial charge in [-0.1, -0.05) is 208 Å². The van der Waals surface area contributed by atoms with Crippen molar-refractivity contribution in [1.29, 1.82) is 0 Å². The van der Waals surface area contributed by atoms with Crippen molar-refractivity contribution in [3.63, 3.8) is 0 Å². The van der Waals surface area contributed by atoms with Gasteiger partial charge in [-0.15, -0.1) is 11.3 Å². The Balaban J connectivity index is 0.998. The Kier molecular flexibility index (Phi) is 8.38.